The topological polar surface area (TPSA) is 59.1 Å². The fourth-order valence-corrected chi connectivity index (χ4v) is 1.64. The van der Waals surface area contributed by atoms with Crippen LogP contribution >= 0.6 is 0 Å². The van der Waals surface area contributed by atoms with E-state index in [9.17, 15) is 0 Å². The summed E-state index contributed by atoms with van der Waals surface area (Å²) in [7, 11) is 1.71. The van der Waals surface area contributed by atoms with Crippen LogP contribution in [0.1, 0.15) is 32.4 Å². The minimum atomic E-state index is 0.684. The molecule has 0 spiro atoms. The molecule has 0 aromatic carbocycles. The molecule has 0 bridgehead atoms. The first kappa shape index (κ1) is 15.7. The number of ether oxygens (including phenoxy) is 1. The molecule has 1 heterocycles. The Labute approximate surface area is 116 Å². The Morgan fingerprint density at radius 2 is 2.00 bits per heavy atom. The van der Waals surface area contributed by atoms with E-state index in [1.807, 2.05) is 13.0 Å². The van der Waals surface area contributed by atoms with Crippen molar-refractivity contribution >= 4 is 11.8 Å². The lowest BCUT2D eigenvalue weighted by molar-refractivity contribution is 0.198. The first-order chi connectivity index (χ1) is 9.11. The Hall–Kier alpha value is -1.36. The van der Waals surface area contributed by atoms with Gasteiger partial charge in [0.25, 0.3) is 0 Å². The zero-order valence-electron chi connectivity index (χ0n) is 12.5. The molecule has 5 heteroatoms. The lowest BCUT2D eigenvalue weighted by atomic mass is 10.1. The predicted molar refractivity (Wildman–Crippen MR) is 79.7 cm³/mol. The van der Waals surface area contributed by atoms with Crippen molar-refractivity contribution in [2.75, 3.05) is 37.4 Å². The lowest BCUT2D eigenvalue weighted by Gasteiger charge is -2.10. The number of nitrogens with one attached hydrogen (secondary N) is 2. The van der Waals surface area contributed by atoms with Gasteiger partial charge in [-0.15, -0.1) is 0 Å². The van der Waals surface area contributed by atoms with Gasteiger partial charge in [-0.25, -0.2) is 4.98 Å². The summed E-state index contributed by atoms with van der Waals surface area (Å²) < 4.78 is 5.02. The van der Waals surface area contributed by atoms with Crippen LogP contribution in [0.3, 0.4) is 0 Å². The summed E-state index contributed by atoms with van der Waals surface area (Å²) in [6.07, 6.45) is 2.09. The molecule has 5 nitrogen and oxygen atoms in total. The van der Waals surface area contributed by atoms with Gasteiger partial charge in [0.2, 0.25) is 5.95 Å². The van der Waals surface area contributed by atoms with E-state index >= 15 is 0 Å². The zero-order chi connectivity index (χ0) is 14.1. The van der Waals surface area contributed by atoms with Gasteiger partial charge in [0.05, 0.1) is 0 Å². The Bertz CT molecular complexity index is 368. The molecule has 19 heavy (non-hydrogen) atoms. The molecule has 1 aromatic heterocycles. The van der Waals surface area contributed by atoms with E-state index in [1.54, 1.807) is 7.11 Å². The highest BCUT2D eigenvalue weighted by atomic mass is 16.5. The molecule has 0 unspecified atom stereocenters. The van der Waals surface area contributed by atoms with Crippen LogP contribution in [0.15, 0.2) is 6.07 Å². The minimum Gasteiger partial charge on any atom is -0.385 e. The first-order valence-electron chi connectivity index (χ1n) is 6.94. The monoisotopic (exact) mass is 266 g/mol. The molecule has 108 valence electrons. The van der Waals surface area contributed by atoms with E-state index in [4.69, 9.17) is 4.74 Å². The maximum Gasteiger partial charge on any atom is 0.224 e. The molecule has 0 aliphatic rings. The molecule has 1 aromatic rings. The van der Waals surface area contributed by atoms with Crippen molar-refractivity contribution in [3.63, 3.8) is 0 Å². The second kappa shape index (κ2) is 8.69. The van der Waals surface area contributed by atoms with Crippen molar-refractivity contribution in [2.24, 2.45) is 5.92 Å². The predicted octanol–water partition coefficient (Wildman–Crippen LogP) is 2.69. The minimum absolute atomic E-state index is 0.684. The van der Waals surface area contributed by atoms with Crippen molar-refractivity contribution in [1.82, 2.24) is 9.97 Å². The second-order valence-electron chi connectivity index (χ2n) is 5.10. The molecule has 0 saturated heterocycles. The molecule has 2 N–H and O–H groups in total. The van der Waals surface area contributed by atoms with Gasteiger partial charge < -0.3 is 15.4 Å². The number of methoxy groups -OCH3 is 1. The third-order valence-electron chi connectivity index (χ3n) is 2.69. The molecule has 0 saturated carbocycles. The summed E-state index contributed by atoms with van der Waals surface area (Å²) in [6, 6.07) is 1.96. The lowest BCUT2D eigenvalue weighted by Crippen LogP contribution is -2.11. The number of hydrogen-bond donors (Lipinski definition) is 2. The standard InChI is InChI=1S/C14H26N4O/c1-11(2)6-8-16-14-17-12(3)10-13(18-14)15-7-5-9-19-4/h10-11H,5-9H2,1-4H3,(H2,15,16,17,18). The summed E-state index contributed by atoms with van der Waals surface area (Å²) >= 11 is 0. The third-order valence-corrected chi connectivity index (χ3v) is 2.69. The van der Waals surface area contributed by atoms with Gasteiger partial charge >= 0.3 is 0 Å². The molecule has 0 radical (unpaired) electrons. The summed E-state index contributed by atoms with van der Waals surface area (Å²) in [4.78, 5) is 8.84. The smallest absolute Gasteiger partial charge is 0.224 e. The number of aryl methyl sites for hydroxylation is 1. The average Bonchev–Trinajstić information content (AvgIpc) is 2.34. The van der Waals surface area contributed by atoms with E-state index in [0.29, 0.717) is 11.9 Å². The van der Waals surface area contributed by atoms with Crippen molar-refractivity contribution < 1.29 is 4.74 Å². The van der Waals surface area contributed by atoms with Crippen LogP contribution < -0.4 is 10.6 Å². The van der Waals surface area contributed by atoms with Crippen LogP contribution in [-0.4, -0.2) is 36.8 Å². The van der Waals surface area contributed by atoms with Gasteiger partial charge in [-0.2, -0.15) is 4.98 Å². The Kier molecular flexibility index (Phi) is 7.18. The summed E-state index contributed by atoms with van der Waals surface area (Å²) in [5.74, 6) is 2.26. The van der Waals surface area contributed by atoms with Crippen LogP contribution in [0.5, 0.6) is 0 Å². The number of aromatic nitrogens is 2. The fraction of sp³-hybridized carbons (Fsp3) is 0.714. The number of anilines is 2. The van der Waals surface area contributed by atoms with Crippen LogP contribution in [0, 0.1) is 12.8 Å². The van der Waals surface area contributed by atoms with Crippen LogP contribution in [-0.2, 0) is 4.74 Å². The summed E-state index contributed by atoms with van der Waals surface area (Å²) in [5.41, 5.74) is 0.969. The highest BCUT2D eigenvalue weighted by molar-refractivity contribution is 5.42. The zero-order valence-corrected chi connectivity index (χ0v) is 12.5. The quantitative estimate of drug-likeness (QED) is 0.673. The highest BCUT2D eigenvalue weighted by Crippen LogP contribution is 2.10. The van der Waals surface area contributed by atoms with Gasteiger partial charge in [-0.3, -0.25) is 0 Å². The maximum absolute atomic E-state index is 5.02. The molecular weight excluding hydrogens is 240 g/mol. The maximum atomic E-state index is 5.02. The van der Waals surface area contributed by atoms with E-state index < -0.39 is 0 Å². The Morgan fingerprint density at radius 3 is 2.68 bits per heavy atom. The van der Waals surface area contributed by atoms with Crippen LogP contribution in [0.4, 0.5) is 11.8 Å². The third kappa shape index (κ3) is 6.96. The number of hydrogen-bond acceptors (Lipinski definition) is 5. The summed E-state index contributed by atoms with van der Waals surface area (Å²) in [6.45, 7) is 8.93. The van der Waals surface area contributed by atoms with Crippen LogP contribution in [0.25, 0.3) is 0 Å². The number of nitrogens with zero attached hydrogens (tertiary/aromatic N) is 2. The SMILES string of the molecule is COCCCNc1cc(C)nc(NCCC(C)C)n1. The van der Waals surface area contributed by atoms with Crippen molar-refractivity contribution in [1.29, 1.82) is 0 Å². The Morgan fingerprint density at radius 1 is 1.21 bits per heavy atom. The molecule has 0 amide bonds. The second-order valence-corrected chi connectivity index (χ2v) is 5.10. The van der Waals surface area contributed by atoms with Crippen molar-refractivity contribution in [2.45, 2.75) is 33.6 Å². The van der Waals surface area contributed by atoms with Gasteiger partial charge in [-0.05, 0) is 25.7 Å². The number of rotatable bonds is 9. The van der Waals surface area contributed by atoms with E-state index in [2.05, 4.69) is 34.4 Å². The van der Waals surface area contributed by atoms with Crippen molar-refractivity contribution in [3.8, 4) is 0 Å². The highest BCUT2D eigenvalue weighted by Gasteiger charge is 2.02. The molecule has 0 atom stereocenters. The normalized spacial score (nSPS) is 10.8. The largest absolute Gasteiger partial charge is 0.385 e. The Balaban J connectivity index is 2.46. The van der Waals surface area contributed by atoms with Crippen molar-refractivity contribution in [3.05, 3.63) is 11.8 Å². The molecule has 0 fully saturated rings. The fourth-order valence-electron chi connectivity index (χ4n) is 1.64. The molecule has 0 aliphatic carbocycles. The van der Waals surface area contributed by atoms with Gasteiger partial charge in [0.1, 0.15) is 5.82 Å². The van der Waals surface area contributed by atoms with E-state index in [-0.39, 0.29) is 0 Å². The molecule has 0 aliphatic heterocycles. The summed E-state index contributed by atoms with van der Waals surface area (Å²) in [5, 5.41) is 6.56. The van der Waals surface area contributed by atoms with Crippen LogP contribution in [0.2, 0.25) is 0 Å². The van der Waals surface area contributed by atoms with Gasteiger partial charge in [-0.1, -0.05) is 13.8 Å². The van der Waals surface area contributed by atoms with Gasteiger partial charge in [0.15, 0.2) is 0 Å². The molecule has 1 rings (SSSR count). The van der Waals surface area contributed by atoms with E-state index in [1.165, 1.54) is 0 Å². The first-order valence-corrected chi connectivity index (χ1v) is 6.94. The van der Waals surface area contributed by atoms with Gasteiger partial charge in [0, 0.05) is 38.6 Å². The molecular formula is C14H26N4O. The average molecular weight is 266 g/mol. The van der Waals surface area contributed by atoms with E-state index in [0.717, 1.165) is 44.0 Å².